The molecular weight excluding hydrogens is 388 g/mol. The molecule has 158 valence electrons. The van der Waals surface area contributed by atoms with E-state index in [2.05, 4.69) is 6.92 Å². The molecule has 0 heterocycles. The Morgan fingerprint density at radius 2 is 1.52 bits per heavy atom. The van der Waals surface area contributed by atoms with Crippen molar-refractivity contribution in [2.75, 3.05) is 13.7 Å². The Bertz CT molecular complexity index is 1050. The number of ketones is 1. The Balaban J connectivity index is 1.79. The smallest absolute Gasteiger partial charge is 0.339 e. The van der Waals surface area contributed by atoms with Crippen molar-refractivity contribution in [3.63, 3.8) is 0 Å². The fourth-order valence-electron chi connectivity index (χ4n) is 3.26. The number of para-hydroxylation sites is 1. The second-order valence-corrected chi connectivity index (χ2v) is 7.11. The molecule has 0 fully saturated rings. The lowest BCUT2D eigenvalue weighted by molar-refractivity contribution is -0.135. The molecule has 0 aliphatic rings. The highest BCUT2D eigenvalue weighted by molar-refractivity contribution is 6.22. The normalized spacial score (nSPS) is 11.1. The van der Waals surface area contributed by atoms with Crippen LogP contribution < -0.4 is 4.74 Å². The number of benzene rings is 3. The fourth-order valence-corrected chi connectivity index (χ4v) is 3.26. The van der Waals surface area contributed by atoms with E-state index in [9.17, 15) is 9.59 Å². The molecule has 0 N–H and O–H groups in total. The molecule has 31 heavy (non-hydrogen) atoms. The maximum Gasteiger partial charge on any atom is 0.339 e. The third-order valence-corrected chi connectivity index (χ3v) is 4.89. The predicted molar refractivity (Wildman–Crippen MR) is 123 cm³/mol. The minimum absolute atomic E-state index is 0.235. The van der Waals surface area contributed by atoms with Gasteiger partial charge in [-0.15, -0.1) is 0 Å². The number of carbonyl (C=O) groups excluding carboxylic acids is 2. The van der Waals surface area contributed by atoms with Gasteiger partial charge >= 0.3 is 5.97 Å². The average Bonchev–Trinajstić information content (AvgIpc) is 2.82. The summed E-state index contributed by atoms with van der Waals surface area (Å²) in [6.07, 6.45) is 3.74. The second kappa shape index (κ2) is 10.9. The maximum atomic E-state index is 12.9. The van der Waals surface area contributed by atoms with Gasteiger partial charge in [0, 0.05) is 11.1 Å². The number of carbonyl (C=O) groups is 2. The van der Waals surface area contributed by atoms with Gasteiger partial charge in [-0.2, -0.15) is 0 Å². The van der Waals surface area contributed by atoms with Crippen LogP contribution in [-0.2, 0) is 16.0 Å². The Morgan fingerprint density at radius 1 is 0.839 bits per heavy atom. The molecule has 0 aliphatic carbocycles. The lowest BCUT2D eigenvalue weighted by Crippen LogP contribution is -2.15. The molecule has 0 atom stereocenters. The SMILES string of the molecule is CCCc1ccc(C(=O)COC(=O)/C(=C/c2ccccc2OC)c2ccccc2)cc1. The van der Waals surface area contributed by atoms with Crippen LogP contribution in [0.5, 0.6) is 5.75 Å². The summed E-state index contributed by atoms with van der Waals surface area (Å²) in [4.78, 5) is 25.5. The molecule has 0 amide bonds. The molecule has 0 bridgehead atoms. The molecule has 4 nitrogen and oxygen atoms in total. The third-order valence-electron chi connectivity index (χ3n) is 4.89. The molecule has 4 heteroatoms. The Labute approximate surface area is 183 Å². The first-order valence-electron chi connectivity index (χ1n) is 10.3. The summed E-state index contributed by atoms with van der Waals surface area (Å²) in [7, 11) is 1.58. The summed E-state index contributed by atoms with van der Waals surface area (Å²) in [5.74, 6) is -0.152. The van der Waals surface area contributed by atoms with Gasteiger partial charge in [0.2, 0.25) is 0 Å². The summed E-state index contributed by atoms with van der Waals surface area (Å²) in [5.41, 5.74) is 3.52. The zero-order chi connectivity index (χ0) is 22.1. The molecule has 0 radical (unpaired) electrons. The highest BCUT2D eigenvalue weighted by Gasteiger charge is 2.17. The van der Waals surface area contributed by atoms with Crippen LogP contribution in [0.1, 0.15) is 40.4 Å². The first kappa shape index (κ1) is 22.0. The van der Waals surface area contributed by atoms with Crippen molar-refractivity contribution in [3.8, 4) is 5.75 Å². The average molecular weight is 415 g/mol. The maximum absolute atomic E-state index is 12.9. The van der Waals surface area contributed by atoms with Crippen LogP contribution in [0.25, 0.3) is 11.6 Å². The van der Waals surface area contributed by atoms with E-state index < -0.39 is 5.97 Å². The zero-order valence-electron chi connectivity index (χ0n) is 17.8. The van der Waals surface area contributed by atoms with Crippen LogP contribution in [0.4, 0.5) is 0 Å². The summed E-state index contributed by atoms with van der Waals surface area (Å²) < 4.78 is 10.8. The summed E-state index contributed by atoms with van der Waals surface area (Å²) in [5, 5.41) is 0. The van der Waals surface area contributed by atoms with Gasteiger partial charge in [-0.25, -0.2) is 4.79 Å². The molecule has 0 aromatic heterocycles. The number of aryl methyl sites for hydroxylation is 1. The van der Waals surface area contributed by atoms with Gasteiger partial charge in [0.1, 0.15) is 5.75 Å². The van der Waals surface area contributed by atoms with E-state index in [-0.39, 0.29) is 12.4 Å². The van der Waals surface area contributed by atoms with Crippen LogP contribution in [0.3, 0.4) is 0 Å². The van der Waals surface area contributed by atoms with Crippen molar-refractivity contribution in [1.29, 1.82) is 0 Å². The molecule has 0 unspecified atom stereocenters. The van der Waals surface area contributed by atoms with Crippen LogP contribution in [0, 0.1) is 0 Å². The largest absolute Gasteiger partial charge is 0.496 e. The second-order valence-electron chi connectivity index (χ2n) is 7.11. The van der Waals surface area contributed by atoms with Gasteiger partial charge in [0.05, 0.1) is 12.7 Å². The van der Waals surface area contributed by atoms with Crippen molar-refractivity contribution in [2.24, 2.45) is 0 Å². The van der Waals surface area contributed by atoms with Crippen LogP contribution in [-0.4, -0.2) is 25.5 Å². The molecular formula is C27H26O4. The summed E-state index contributed by atoms with van der Waals surface area (Å²) >= 11 is 0. The molecule has 3 rings (SSSR count). The zero-order valence-corrected chi connectivity index (χ0v) is 17.8. The lowest BCUT2D eigenvalue weighted by Gasteiger charge is -2.10. The molecule has 0 saturated carbocycles. The van der Waals surface area contributed by atoms with E-state index in [1.54, 1.807) is 25.3 Å². The number of ether oxygens (including phenoxy) is 2. The van der Waals surface area contributed by atoms with E-state index in [0.29, 0.717) is 22.4 Å². The number of methoxy groups -OCH3 is 1. The number of Topliss-reactive ketones (excluding diaryl/α,β-unsaturated/α-hetero) is 1. The first-order chi connectivity index (χ1) is 15.1. The highest BCUT2D eigenvalue weighted by Crippen LogP contribution is 2.25. The van der Waals surface area contributed by atoms with E-state index in [0.717, 1.165) is 18.4 Å². The summed E-state index contributed by atoms with van der Waals surface area (Å²) in [6.45, 7) is 1.80. The minimum atomic E-state index is -0.562. The molecule has 3 aromatic carbocycles. The summed E-state index contributed by atoms with van der Waals surface area (Å²) in [6, 6.07) is 24.1. The third kappa shape index (κ3) is 5.92. The van der Waals surface area contributed by atoms with E-state index >= 15 is 0 Å². The van der Waals surface area contributed by atoms with Crippen LogP contribution in [0.15, 0.2) is 78.9 Å². The Morgan fingerprint density at radius 3 is 2.19 bits per heavy atom. The van der Waals surface area contributed by atoms with Gasteiger partial charge in [-0.05, 0) is 29.7 Å². The van der Waals surface area contributed by atoms with Crippen molar-refractivity contribution < 1.29 is 19.1 Å². The molecule has 0 spiro atoms. The van der Waals surface area contributed by atoms with Gasteiger partial charge in [-0.1, -0.05) is 86.1 Å². The Hall–Kier alpha value is -3.66. The molecule has 0 aliphatic heterocycles. The van der Waals surface area contributed by atoms with Crippen molar-refractivity contribution in [3.05, 3.63) is 101 Å². The molecule has 0 saturated heterocycles. The minimum Gasteiger partial charge on any atom is -0.496 e. The fraction of sp³-hybridized carbons (Fsp3) is 0.185. The van der Waals surface area contributed by atoms with Gasteiger partial charge in [0.25, 0.3) is 0 Å². The van der Waals surface area contributed by atoms with Crippen LogP contribution in [0.2, 0.25) is 0 Å². The van der Waals surface area contributed by atoms with Crippen molar-refractivity contribution in [2.45, 2.75) is 19.8 Å². The van der Waals surface area contributed by atoms with Crippen molar-refractivity contribution in [1.82, 2.24) is 0 Å². The first-order valence-corrected chi connectivity index (χ1v) is 10.3. The van der Waals surface area contributed by atoms with E-state index in [4.69, 9.17) is 9.47 Å². The van der Waals surface area contributed by atoms with Gasteiger partial charge < -0.3 is 9.47 Å². The highest BCUT2D eigenvalue weighted by atomic mass is 16.5. The van der Waals surface area contributed by atoms with Crippen molar-refractivity contribution >= 4 is 23.4 Å². The van der Waals surface area contributed by atoms with E-state index in [1.165, 1.54) is 5.56 Å². The standard InChI is InChI=1S/C27H26O4/c1-3-9-20-14-16-22(17-15-20)25(28)19-31-27(29)24(21-10-5-4-6-11-21)18-23-12-7-8-13-26(23)30-2/h4-8,10-18H,3,9,19H2,1-2H3/b24-18+. The number of rotatable bonds is 9. The quantitative estimate of drug-likeness (QED) is 0.198. The van der Waals surface area contributed by atoms with Gasteiger partial charge in [-0.3, -0.25) is 4.79 Å². The number of hydrogen-bond acceptors (Lipinski definition) is 4. The Kier molecular flexibility index (Phi) is 7.77. The number of esters is 1. The predicted octanol–water partition coefficient (Wildman–Crippen LogP) is 5.61. The van der Waals surface area contributed by atoms with E-state index in [1.807, 2.05) is 66.7 Å². The monoisotopic (exact) mass is 414 g/mol. The molecule has 3 aromatic rings. The van der Waals surface area contributed by atoms with Gasteiger partial charge in [0.15, 0.2) is 12.4 Å². The lowest BCUT2D eigenvalue weighted by atomic mass is 10.0. The number of hydrogen-bond donors (Lipinski definition) is 0. The van der Waals surface area contributed by atoms with Crippen LogP contribution >= 0.6 is 0 Å². The topological polar surface area (TPSA) is 52.6 Å².